The molecule has 58 heavy (non-hydrogen) atoms. The number of fused-ring (bicyclic) bond motifs is 4. The number of rotatable bonds is 5. The monoisotopic (exact) mass is 838 g/mol. The van der Waals surface area contributed by atoms with Gasteiger partial charge in [-0.15, -0.1) is 0 Å². The highest BCUT2D eigenvalue weighted by Gasteiger charge is 2.50. The molecule has 0 aromatic heterocycles. The second kappa shape index (κ2) is 16.3. The van der Waals surface area contributed by atoms with Crippen molar-refractivity contribution in [2.24, 2.45) is 17.8 Å². The topological polar surface area (TPSA) is 105 Å². The van der Waals surface area contributed by atoms with Crippen LogP contribution in [0.4, 0.5) is 5.69 Å². The summed E-state index contributed by atoms with van der Waals surface area (Å²) in [5, 5.41) is 14.6. The lowest BCUT2D eigenvalue weighted by Gasteiger charge is -2.45. The van der Waals surface area contributed by atoms with Crippen LogP contribution in [0, 0.1) is 17.8 Å². The van der Waals surface area contributed by atoms with Gasteiger partial charge in [0.1, 0.15) is 5.75 Å². The lowest BCUT2D eigenvalue weighted by Crippen LogP contribution is -2.66. The number of halogens is 1. The van der Waals surface area contributed by atoms with Crippen molar-refractivity contribution in [1.82, 2.24) is 4.72 Å². The summed E-state index contributed by atoms with van der Waals surface area (Å²) < 4.78 is 43.7. The molecule has 0 radical (unpaired) electrons. The smallest absolute Gasteiger partial charge is 0.264 e. The third-order valence-electron chi connectivity index (χ3n) is 13.2. The molecule has 4 aromatic carbocycles. The van der Waals surface area contributed by atoms with Gasteiger partial charge in [-0.25, -0.2) is 13.1 Å². The van der Waals surface area contributed by atoms with Crippen molar-refractivity contribution in [2.45, 2.75) is 75.9 Å². The first-order valence-electron chi connectivity index (χ1n) is 20.7. The number of amides is 1. The molecule has 2 N–H and O–H groups in total. The summed E-state index contributed by atoms with van der Waals surface area (Å²) in [6, 6.07) is 32.1. The Kier molecular flexibility index (Phi) is 11.4. The van der Waals surface area contributed by atoms with Gasteiger partial charge in [-0.1, -0.05) is 111 Å². The Bertz CT molecular complexity index is 2230. The first-order valence-corrected chi connectivity index (χ1v) is 24.7. The molecule has 4 aliphatic rings. The molecule has 306 valence electrons. The minimum absolute atomic E-state index is 0.0265. The van der Waals surface area contributed by atoms with E-state index in [0.29, 0.717) is 25.4 Å². The van der Waals surface area contributed by atoms with Gasteiger partial charge in [-0.05, 0) is 107 Å². The molecule has 0 saturated heterocycles. The van der Waals surface area contributed by atoms with Gasteiger partial charge in [0.05, 0.1) is 24.2 Å². The van der Waals surface area contributed by atoms with Gasteiger partial charge < -0.3 is 19.2 Å². The zero-order valence-electron chi connectivity index (χ0n) is 33.7. The molecule has 8 nitrogen and oxygen atoms in total. The van der Waals surface area contributed by atoms with Crippen molar-refractivity contribution < 1.29 is 27.5 Å². The Hall–Kier alpha value is -3.93. The third kappa shape index (κ3) is 8.03. The maximum atomic E-state index is 13.8. The summed E-state index contributed by atoms with van der Waals surface area (Å²) in [4.78, 5) is 16.1. The summed E-state index contributed by atoms with van der Waals surface area (Å²) in [5.74, 6) is -0.404. The summed E-state index contributed by atoms with van der Waals surface area (Å²) >= 11 is 6.47. The number of hydrogen-bond donors (Lipinski definition) is 2. The van der Waals surface area contributed by atoms with Crippen molar-refractivity contribution in [3.63, 3.8) is 0 Å². The molecule has 5 atom stereocenters. The van der Waals surface area contributed by atoms with E-state index in [4.69, 9.17) is 20.8 Å². The minimum Gasteiger partial charge on any atom is -0.490 e. The SMILES string of the molecule is CC(C)(C)[Si](OC[C@@H]1/C=C/[C@H](O)[C@@H]2CC[C@H]2CN2C[C@@]3(CCCc4cc(Cl)ccc43)COc3ccc(cc32)C(=O)NS(=O)(=O)CC1)(c1ccccc1)c1ccccc1. The average molecular weight is 840 g/mol. The van der Waals surface area contributed by atoms with Crippen LogP contribution in [0.25, 0.3) is 0 Å². The van der Waals surface area contributed by atoms with E-state index >= 15 is 0 Å². The zero-order chi connectivity index (χ0) is 40.7. The molecule has 2 aliphatic heterocycles. The molecule has 1 spiro atoms. The predicted octanol–water partition coefficient (Wildman–Crippen LogP) is 7.41. The Morgan fingerprint density at radius 3 is 2.34 bits per heavy atom. The van der Waals surface area contributed by atoms with Crippen LogP contribution in [0.1, 0.15) is 74.4 Å². The highest BCUT2D eigenvalue weighted by molar-refractivity contribution is 7.90. The maximum Gasteiger partial charge on any atom is 0.264 e. The lowest BCUT2D eigenvalue weighted by molar-refractivity contribution is 0.0453. The normalized spacial score (nSPS) is 26.6. The fourth-order valence-corrected chi connectivity index (χ4v) is 15.9. The Morgan fingerprint density at radius 1 is 0.948 bits per heavy atom. The van der Waals surface area contributed by atoms with E-state index in [0.717, 1.165) is 53.2 Å². The van der Waals surface area contributed by atoms with E-state index < -0.39 is 30.4 Å². The van der Waals surface area contributed by atoms with Gasteiger partial charge in [0, 0.05) is 41.6 Å². The second-order valence-corrected chi connectivity index (χ2v) is 24.5. The summed E-state index contributed by atoms with van der Waals surface area (Å²) in [6.07, 6.45) is 8.08. The van der Waals surface area contributed by atoms with Gasteiger partial charge in [-0.3, -0.25) is 4.79 Å². The number of benzene rings is 4. The molecule has 1 saturated carbocycles. The van der Waals surface area contributed by atoms with Gasteiger partial charge in [0.15, 0.2) is 0 Å². The van der Waals surface area contributed by atoms with Crippen LogP contribution in [0.2, 0.25) is 10.1 Å². The molecule has 4 aromatic rings. The zero-order valence-corrected chi connectivity index (χ0v) is 36.3. The first-order chi connectivity index (χ1) is 27.8. The molecular formula is C47H55ClN2O6SSi. The van der Waals surface area contributed by atoms with Gasteiger partial charge in [0.2, 0.25) is 10.0 Å². The number of nitrogens with zero attached hydrogens (tertiary/aromatic N) is 1. The Balaban J connectivity index is 1.13. The number of aryl methyl sites for hydroxylation is 1. The van der Waals surface area contributed by atoms with E-state index in [1.165, 1.54) is 11.1 Å². The second-order valence-electron chi connectivity index (χ2n) is 17.9. The van der Waals surface area contributed by atoms with Crippen molar-refractivity contribution in [3.8, 4) is 5.75 Å². The number of carbonyl (C=O) groups is 1. The van der Waals surface area contributed by atoms with Crippen molar-refractivity contribution >= 4 is 51.9 Å². The number of hydrogen-bond acceptors (Lipinski definition) is 7. The fourth-order valence-electron chi connectivity index (χ4n) is 10.0. The molecule has 2 bridgehead atoms. The van der Waals surface area contributed by atoms with Crippen LogP contribution in [0.3, 0.4) is 0 Å². The van der Waals surface area contributed by atoms with Gasteiger partial charge in [0.25, 0.3) is 14.2 Å². The molecule has 2 aliphatic carbocycles. The van der Waals surface area contributed by atoms with Crippen molar-refractivity contribution in [3.05, 3.63) is 131 Å². The van der Waals surface area contributed by atoms with E-state index in [2.05, 4.69) is 66.8 Å². The van der Waals surface area contributed by atoms with Gasteiger partial charge >= 0.3 is 0 Å². The first kappa shape index (κ1) is 40.8. The molecule has 8 rings (SSSR count). The standard InChI is InChI=1S/C47H55ClN2O6SSi/c1-46(2,3)58(38-12-6-4-7-13-38,39-14-8-5-9-15-39)56-30-33-16-22-43(51)40-20-17-36(40)29-50-31-47(25-10-11-34-27-37(48)19-21-41(34)47)32-55-44-23-18-35(28-42(44)50)45(52)49-57(53,54)26-24-33/h4-9,12-16,18-19,21-23,27-28,33,36,40,43,51H,10-11,17,20,24-26,29-32H2,1-3H3,(H,49,52)/b22-16+/t33-,36+,40-,43+,47+/m1/s1. The quantitative estimate of drug-likeness (QED) is 0.159. The minimum atomic E-state index is -4.05. The Labute approximate surface area is 349 Å². The van der Waals surface area contributed by atoms with Crippen LogP contribution in [0.5, 0.6) is 5.75 Å². The Morgan fingerprint density at radius 2 is 1.67 bits per heavy atom. The average Bonchev–Trinajstić information content (AvgIpc) is 3.33. The maximum absolute atomic E-state index is 13.8. The largest absolute Gasteiger partial charge is 0.490 e. The summed E-state index contributed by atoms with van der Waals surface area (Å²) in [5.41, 5.74) is 3.20. The summed E-state index contributed by atoms with van der Waals surface area (Å²) in [7, 11) is -6.98. The van der Waals surface area contributed by atoms with Crippen LogP contribution in [-0.2, 0) is 26.3 Å². The lowest BCUT2D eigenvalue weighted by atomic mass is 9.68. The van der Waals surface area contributed by atoms with Crippen LogP contribution in [-0.4, -0.2) is 65.9 Å². The van der Waals surface area contributed by atoms with E-state index in [1.807, 2.05) is 54.6 Å². The third-order valence-corrected chi connectivity index (χ3v) is 19.7. The number of aliphatic hydroxyl groups excluding tert-OH is 1. The van der Waals surface area contributed by atoms with Crippen molar-refractivity contribution in [2.75, 3.05) is 37.0 Å². The number of aliphatic hydroxyl groups is 1. The molecule has 1 fully saturated rings. The number of sulfonamides is 1. The van der Waals surface area contributed by atoms with Crippen LogP contribution >= 0.6 is 11.6 Å². The number of ether oxygens (including phenoxy) is 1. The molecule has 2 heterocycles. The number of nitrogens with one attached hydrogen (secondary N) is 1. The fraction of sp³-hybridized carbons (Fsp3) is 0.426. The van der Waals surface area contributed by atoms with Crippen LogP contribution in [0.15, 0.2) is 109 Å². The predicted molar refractivity (Wildman–Crippen MR) is 235 cm³/mol. The van der Waals surface area contributed by atoms with Crippen molar-refractivity contribution in [1.29, 1.82) is 0 Å². The molecule has 1 amide bonds. The highest BCUT2D eigenvalue weighted by Crippen LogP contribution is 2.47. The number of anilines is 1. The molecular weight excluding hydrogens is 784 g/mol. The molecule has 11 heteroatoms. The van der Waals surface area contributed by atoms with Gasteiger partial charge in [-0.2, -0.15) is 0 Å². The summed E-state index contributed by atoms with van der Waals surface area (Å²) in [6.45, 7) is 8.70. The highest BCUT2D eigenvalue weighted by atomic mass is 35.5. The number of carbonyl (C=O) groups excluding carboxylic acids is 1. The van der Waals surface area contributed by atoms with E-state index in [1.54, 1.807) is 18.2 Å². The van der Waals surface area contributed by atoms with Crippen LogP contribution < -0.4 is 24.7 Å². The van der Waals surface area contributed by atoms with E-state index in [-0.39, 0.29) is 52.6 Å². The molecule has 0 unspecified atom stereocenters. The van der Waals surface area contributed by atoms with E-state index in [9.17, 15) is 18.3 Å².